The summed E-state index contributed by atoms with van der Waals surface area (Å²) in [5.74, 6) is 0.241. The number of ketones is 1. The molecule has 1 unspecified atom stereocenters. The number of hydrazone groups is 1. The first-order valence-corrected chi connectivity index (χ1v) is 9.38. The number of nitrogens with zero attached hydrogens (tertiary/aromatic N) is 6. The molecule has 2 aromatic heterocycles. The fraction of sp³-hybridized carbons (Fsp3) is 0.316. The molecule has 10 heteroatoms. The van der Waals surface area contributed by atoms with E-state index in [0.29, 0.717) is 16.7 Å². The predicted octanol–water partition coefficient (Wildman–Crippen LogP) is 1.29. The van der Waals surface area contributed by atoms with Crippen molar-refractivity contribution in [2.45, 2.75) is 26.4 Å². The van der Waals surface area contributed by atoms with Gasteiger partial charge in [-0.3, -0.25) is 23.3 Å². The Bertz CT molecular complexity index is 1300. The normalized spacial score (nSPS) is 14.7. The Hall–Kier alpha value is -3.20. The third-order valence-electron chi connectivity index (χ3n) is 5.20. The summed E-state index contributed by atoms with van der Waals surface area (Å²) in [7, 11) is 2.99. The highest BCUT2D eigenvalue weighted by Crippen LogP contribution is 2.27. The molecule has 0 radical (unpaired) electrons. The molecule has 0 spiro atoms. The fourth-order valence-electron chi connectivity index (χ4n) is 3.34. The highest BCUT2D eigenvalue weighted by Gasteiger charge is 2.31. The van der Waals surface area contributed by atoms with Crippen LogP contribution in [0, 0.1) is 0 Å². The maximum atomic E-state index is 12.9. The number of hydrogen-bond acceptors (Lipinski definition) is 6. The molecule has 3 aromatic rings. The second-order valence-electron chi connectivity index (χ2n) is 7.06. The minimum Gasteiger partial charge on any atom is -0.298 e. The van der Waals surface area contributed by atoms with Crippen molar-refractivity contribution in [2.75, 3.05) is 5.01 Å². The summed E-state index contributed by atoms with van der Waals surface area (Å²) in [6, 6.07) is 6.56. The molecule has 0 saturated heterocycles. The van der Waals surface area contributed by atoms with E-state index >= 15 is 0 Å². The quantitative estimate of drug-likeness (QED) is 0.643. The van der Waals surface area contributed by atoms with E-state index in [1.54, 1.807) is 30.7 Å². The number of rotatable bonds is 3. The number of halogens is 1. The van der Waals surface area contributed by atoms with Gasteiger partial charge in [-0.15, -0.1) is 0 Å². The van der Waals surface area contributed by atoms with Crippen molar-refractivity contribution in [3.63, 3.8) is 0 Å². The molecule has 150 valence electrons. The summed E-state index contributed by atoms with van der Waals surface area (Å²) in [6.07, 6.45) is 0. The Kier molecular flexibility index (Phi) is 4.42. The first kappa shape index (κ1) is 19.1. The van der Waals surface area contributed by atoms with Gasteiger partial charge in [0.2, 0.25) is 5.95 Å². The van der Waals surface area contributed by atoms with Gasteiger partial charge < -0.3 is 0 Å². The first-order valence-electron chi connectivity index (χ1n) is 9.00. The second kappa shape index (κ2) is 6.70. The van der Waals surface area contributed by atoms with E-state index in [0.717, 1.165) is 10.1 Å². The van der Waals surface area contributed by atoms with Gasteiger partial charge in [0.05, 0.1) is 12.3 Å². The Balaban J connectivity index is 2.01. The Morgan fingerprint density at radius 1 is 1.14 bits per heavy atom. The van der Waals surface area contributed by atoms with Crippen LogP contribution in [-0.4, -0.2) is 36.2 Å². The summed E-state index contributed by atoms with van der Waals surface area (Å²) in [5.41, 5.74) is 1.08. The third kappa shape index (κ3) is 2.89. The monoisotopic (exact) mass is 414 g/mol. The van der Waals surface area contributed by atoms with Crippen LogP contribution in [0.4, 0.5) is 5.95 Å². The number of hydrogen-bond donors (Lipinski definition) is 0. The lowest BCUT2D eigenvalue weighted by Gasteiger charge is -2.29. The molecule has 1 aromatic carbocycles. The number of anilines is 1. The van der Waals surface area contributed by atoms with Crippen molar-refractivity contribution in [2.24, 2.45) is 19.2 Å². The van der Waals surface area contributed by atoms with Gasteiger partial charge in [-0.05, 0) is 31.5 Å². The largest absolute Gasteiger partial charge is 0.332 e. The van der Waals surface area contributed by atoms with Gasteiger partial charge in [-0.1, -0.05) is 23.7 Å². The molecule has 4 rings (SSSR count). The van der Waals surface area contributed by atoms with Crippen molar-refractivity contribution in [1.82, 2.24) is 18.7 Å². The summed E-state index contributed by atoms with van der Waals surface area (Å²) in [4.78, 5) is 41.8. The van der Waals surface area contributed by atoms with E-state index in [2.05, 4.69) is 10.1 Å². The lowest BCUT2D eigenvalue weighted by molar-refractivity contribution is -0.118. The van der Waals surface area contributed by atoms with Gasteiger partial charge >= 0.3 is 5.69 Å². The number of Topliss-reactive ketones (excluding diaryl/α,β-unsaturated/α-hetero) is 1. The number of benzene rings is 1. The molecule has 3 heterocycles. The van der Waals surface area contributed by atoms with Crippen molar-refractivity contribution in [3.05, 3.63) is 55.7 Å². The van der Waals surface area contributed by atoms with Crippen LogP contribution in [-0.2, 0) is 25.4 Å². The van der Waals surface area contributed by atoms with Crippen LogP contribution in [0.2, 0.25) is 5.02 Å². The molecule has 1 aliphatic rings. The van der Waals surface area contributed by atoms with Gasteiger partial charge in [0.25, 0.3) is 5.56 Å². The topological polar surface area (TPSA) is 94.5 Å². The molecule has 1 aliphatic heterocycles. The fourth-order valence-corrected chi connectivity index (χ4v) is 3.47. The zero-order valence-corrected chi connectivity index (χ0v) is 17.1. The van der Waals surface area contributed by atoms with Crippen LogP contribution < -0.4 is 16.3 Å². The number of aromatic nitrogens is 4. The molecule has 29 heavy (non-hydrogen) atoms. The summed E-state index contributed by atoms with van der Waals surface area (Å²) >= 11 is 6.00. The van der Waals surface area contributed by atoms with Crippen LogP contribution >= 0.6 is 11.6 Å². The molecule has 0 amide bonds. The minimum absolute atomic E-state index is 0.105. The lowest BCUT2D eigenvalue weighted by atomic mass is 10.1. The SMILES string of the molecule is CC(=O)C(C)N1N=C(c2ccc(Cl)cc2)Cn2c1nc1c2c(=O)n(C)c(=O)n1C. The van der Waals surface area contributed by atoms with E-state index in [1.807, 2.05) is 12.1 Å². The average molecular weight is 415 g/mol. The minimum atomic E-state index is -0.603. The number of imidazole rings is 1. The first-order chi connectivity index (χ1) is 13.7. The molecule has 0 saturated carbocycles. The van der Waals surface area contributed by atoms with Crippen LogP contribution in [0.3, 0.4) is 0 Å². The van der Waals surface area contributed by atoms with Crippen LogP contribution in [0.15, 0.2) is 39.0 Å². The molecule has 0 N–H and O–H groups in total. The van der Waals surface area contributed by atoms with E-state index in [1.165, 1.54) is 23.5 Å². The van der Waals surface area contributed by atoms with E-state index in [4.69, 9.17) is 11.6 Å². The lowest BCUT2D eigenvalue weighted by Crippen LogP contribution is -2.41. The molecular formula is C19H19ClN6O3. The van der Waals surface area contributed by atoms with Gasteiger partial charge in [0.1, 0.15) is 6.04 Å². The maximum Gasteiger partial charge on any atom is 0.332 e. The summed E-state index contributed by atoms with van der Waals surface area (Å²) in [5, 5.41) is 6.74. The Morgan fingerprint density at radius 2 is 1.79 bits per heavy atom. The van der Waals surface area contributed by atoms with Crippen molar-refractivity contribution < 1.29 is 4.79 Å². The Morgan fingerprint density at radius 3 is 2.41 bits per heavy atom. The molecule has 1 atom stereocenters. The van der Waals surface area contributed by atoms with Crippen LogP contribution in [0.25, 0.3) is 11.2 Å². The molecule has 0 fully saturated rings. The highest BCUT2D eigenvalue weighted by atomic mass is 35.5. The van der Waals surface area contributed by atoms with Crippen molar-refractivity contribution in [3.8, 4) is 0 Å². The molecular weight excluding hydrogens is 396 g/mol. The number of carbonyl (C=O) groups excluding carboxylic acids is 1. The number of aryl methyl sites for hydroxylation is 1. The Labute approximate surface area is 170 Å². The zero-order chi connectivity index (χ0) is 21.0. The van der Waals surface area contributed by atoms with Crippen molar-refractivity contribution >= 4 is 40.2 Å². The van der Waals surface area contributed by atoms with Crippen LogP contribution in [0.1, 0.15) is 19.4 Å². The van der Waals surface area contributed by atoms with Gasteiger partial charge in [-0.2, -0.15) is 10.1 Å². The number of carbonyl (C=O) groups is 1. The molecule has 0 aliphatic carbocycles. The van der Waals surface area contributed by atoms with E-state index in [-0.39, 0.29) is 23.5 Å². The van der Waals surface area contributed by atoms with E-state index < -0.39 is 17.3 Å². The summed E-state index contributed by atoms with van der Waals surface area (Å²) < 4.78 is 4.07. The summed E-state index contributed by atoms with van der Waals surface area (Å²) in [6.45, 7) is 3.46. The standard InChI is InChI=1S/C19H19ClN6O3/c1-10(11(2)27)26-18-21-16-15(17(28)24(4)19(29)23(16)3)25(18)9-14(22-26)12-5-7-13(20)8-6-12/h5-8,10H,9H2,1-4H3. The second-order valence-corrected chi connectivity index (χ2v) is 7.50. The average Bonchev–Trinajstić information content (AvgIpc) is 3.09. The molecule has 0 bridgehead atoms. The maximum absolute atomic E-state index is 12.9. The highest BCUT2D eigenvalue weighted by molar-refractivity contribution is 6.30. The van der Waals surface area contributed by atoms with E-state index in [9.17, 15) is 14.4 Å². The zero-order valence-electron chi connectivity index (χ0n) is 16.4. The van der Waals surface area contributed by atoms with Gasteiger partial charge in [0, 0.05) is 19.1 Å². The predicted molar refractivity (Wildman–Crippen MR) is 111 cm³/mol. The van der Waals surface area contributed by atoms with Gasteiger partial charge in [-0.25, -0.2) is 9.80 Å². The number of fused-ring (bicyclic) bond motifs is 3. The van der Waals surface area contributed by atoms with Crippen LogP contribution in [0.5, 0.6) is 0 Å². The third-order valence-corrected chi connectivity index (χ3v) is 5.45. The molecule has 9 nitrogen and oxygen atoms in total. The van der Waals surface area contributed by atoms with Crippen molar-refractivity contribution in [1.29, 1.82) is 0 Å². The van der Waals surface area contributed by atoms with Gasteiger partial charge in [0.15, 0.2) is 16.9 Å². The smallest absolute Gasteiger partial charge is 0.298 e.